The van der Waals surface area contributed by atoms with Crippen LogP contribution in [-0.2, 0) is 14.8 Å². The van der Waals surface area contributed by atoms with Crippen LogP contribution in [0.25, 0.3) is 0 Å². The molecule has 2 N–H and O–H groups in total. The molecular weight excluding hydrogens is 309 g/mol. The van der Waals surface area contributed by atoms with Crippen LogP contribution in [0.2, 0.25) is 0 Å². The quantitative estimate of drug-likeness (QED) is 0.830. The van der Waals surface area contributed by atoms with Gasteiger partial charge in [-0.15, -0.1) is 0 Å². The summed E-state index contributed by atoms with van der Waals surface area (Å²) >= 11 is 0. The molecule has 0 spiro atoms. The van der Waals surface area contributed by atoms with Gasteiger partial charge in [0.15, 0.2) is 0 Å². The van der Waals surface area contributed by atoms with E-state index in [0.717, 1.165) is 18.9 Å². The predicted octanol–water partition coefficient (Wildman–Crippen LogP) is 1.59. The van der Waals surface area contributed by atoms with Gasteiger partial charge >= 0.3 is 0 Å². The minimum absolute atomic E-state index is 0.0342. The van der Waals surface area contributed by atoms with Crippen LogP contribution in [0.3, 0.4) is 0 Å². The van der Waals surface area contributed by atoms with E-state index < -0.39 is 21.9 Å². The van der Waals surface area contributed by atoms with Gasteiger partial charge in [0.1, 0.15) is 5.82 Å². The van der Waals surface area contributed by atoms with Gasteiger partial charge < -0.3 is 9.84 Å². The Morgan fingerprint density at radius 3 is 2.73 bits per heavy atom. The third kappa shape index (κ3) is 4.49. The number of benzene rings is 1. The van der Waals surface area contributed by atoms with Crippen LogP contribution in [0.4, 0.5) is 4.39 Å². The maximum absolute atomic E-state index is 13.2. The zero-order chi connectivity index (χ0) is 16.2. The molecule has 1 aromatic carbocycles. The Labute approximate surface area is 130 Å². The lowest BCUT2D eigenvalue weighted by molar-refractivity contribution is 0.00567. The van der Waals surface area contributed by atoms with Crippen molar-refractivity contribution in [3.63, 3.8) is 0 Å². The SMILES string of the molecule is Cc1cc(S(=O)(=O)NCC[C@H](O)C2CCOCC2)ccc1F. The lowest BCUT2D eigenvalue weighted by Gasteiger charge is -2.26. The molecule has 1 aromatic rings. The minimum atomic E-state index is -3.68. The van der Waals surface area contributed by atoms with Crippen molar-refractivity contribution in [1.29, 1.82) is 0 Å². The monoisotopic (exact) mass is 331 g/mol. The second-order valence-corrected chi connectivity index (χ2v) is 7.38. The van der Waals surface area contributed by atoms with E-state index in [1.165, 1.54) is 19.1 Å². The molecule has 1 aliphatic heterocycles. The fourth-order valence-corrected chi connectivity index (χ4v) is 3.68. The van der Waals surface area contributed by atoms with Gasteiger partial charge in [-0.3, -0.25) is 0 Å². The van der Waals surface area contributed by atoms with Crippen LogP contribution in [0, 0.1) is 18.7 Å². The summed E-state index contributed by atoms with van der Waals surface area (Å²) < 4.78 is 45.1. The molecule has 2 rings (SSSR count). The molecule has 0 amide bonds. The number of ether oxygens (including phenoxy) is 1. The van der Waals surface area contributed by atoms with Crippen molar-refractivity contribution in [1.82, 2.24) is 4.72 Å². The average molecular weight is 331 g/mol. The average Bonchev–Trinajstić information content (AvgIpc) is 2.50. The Bertz CT molecular complexity index is 600. The second-order valence-electron chi connectivity index (χ2n) is 5.61. The molecule has 0 aromatic heterocycles. The summed E-state index contributed by atoms with van der Waals surface area (Å²) in [6.07, 6.45) is 1.40. The van der Waals surface area contributed by atoms with Gasteiger partial charge in [0, 0.05) is 19.8 Å². The number of aryl methyl sites for hydroxylation is 1. The van der Waals surface area contributed by atoms with Gasteiger partial charge in [0.05, 0.1) is 11.0 Å². The molecule has 1 fully saturated rings. The van der Waals surface area contributed by atoms with E-state index in [2.05, 4.69) is 4.72 Å². The Hall–Kier alpha value is -1.02. The van der Waals surface area contributed by atoms with Crippen LogP contribution in [-0.4, -0.2) is 39.4 Å². The van der Waals surface area contributed by atoms with Crippen molar-refractivity contribution in [3.05, 3.63) is 29.6 Å². The van der Waals surface area contributed by atoms with Gasteiger partial charge in [-0.2, -0.15) is 0 Å². The standard InChI is InChI=1S/C15H22FNO4S/c1-11-10-13(2-3-14(11)16)22(19,20)17-7-4-15(18)12-5-8-21-9-6-12/h2-3,10,12,15,17-18H,4-9H2,1H3/t15-/m0/s1. The number of rotatable bonds is 6. The van der Waals surface area contributed by atoms with Crippen LogP contribution in [0.15, 0.2) is 23.1 Å². The molecule has 0 aliphatic carbocycles. The second kappa shape index (κ2) is 7.50. The minimum Gasteiger partial charge on any atom is -0.393 e. The summed E-state index contributed by atoms with van der Waals surface area (Å²) in [6, 6.07) is 3.67. The van der Waals surface area contributed by atoms with E-state index >= 15 is 0 Å². The summed E-state index contributed by atoms with van der Waals surface area (Å²) in [5, 5.41) is 10.1. The first-order valence-corrected chi connectivity index (χ1v) is 8.90. The van der Waals surface area contributed by atoms with E-state index in [-0.39, 0.29) is 22.9 Å². The number of aliphatic hydroxyl groups excluding tert-OH is 1. The van der Waals surface area contributed by atoms with Crippen molar-refractivity contribution >= 4 is 10.0 Å². The summed E-state index contributed by atoms with van der Waals surface area (Å²) in [6.45, 7) is 2.95. The van der Waals surface area contributed by atoms with E-state index in [9.17, 15) is 17.9 Å². The van der Waals surface area contributed by atoms with E-state index in [1.807, 2.05) is 0 Å². The molecule has 0 saturated carbocycles. The van der Waals surface area contributed by atoms with E-state index in [0.29, 0.717) is 19.6 Å². The van der Waals surface area contributed by atoms with Gasteiger partial charge in [-0.1, -0.05) is 0 Å². The highest BCUT2D eigenvalue weighted by Crippen LogP contribution is 2.20. The Morgan fingerprint density at radius 2 is 2.09 bits per heavy atom. The number of sulfonamides is 1. The molecule has 0 radical (unpaired) electrons. The Morgan fingerprint density at radius 1 is 1.41 bits per heavy atom. The zero-order valence-electron chi connectivity index (χ0n) is 12.6. The van der Waals surface area contributed by atoms with Gasteiger partial charge in [-0.25, -0.2) is 17.5 Å². The number of hydrogen-bond donors (Lipinski definition) is 2. The van der Waals surface area contributed by atoms with Crippen LogP contribution < -0.4 is 4.72 Å². The van der Waals surface area contributed by atoms with E-state index in [1.54, 1.807) is 0 Å². The molecule has 1 atom stereocenters. The first-order chi connectivity index (χ1) is 10.4. The summed E-state index contributed by atoms with van der Waals surface area (Å²) in [5.74, 6) is -0.278. The fourth-order valence-electron chi connectivity index (χ4n) is 2.55. The van der Waals surface area contributed by atoms with Crippen LogP contribution in [0.5, 0.6) is 0 Å². The normalized spacial score (nSPS) is 18.3. The molecule has 1 aliphatic rings. The van der Waals surface area contributed by atoms with Crippen molar-refractivity contribution in [2.24, 2.45) is 5.92 Å². The Balaban J connectivity index is 1.88. The molecular formula is C15H22FNO4S. The molecule has 22 heavy (non-hydrogen) atoms. The molecule has 124 valence electrons. The summed E-state index contributed by atoms with van der Waals surface area (Å²) in [4.78, 5) is 0.0342. The lowest BCUT2D eigenvalue weighted by Crippen LogP contribution is -2.32. The van der Waals surface area contributed by atoms with Gasteiger partial charge in [-0.05, 0) is 55.9 Å². The Kier molecular flexibility index (Phi) is 5.91. The molecule has 0 unspecified atom stereocenters. The van der Waals surface area contributed by atoms with Gasteiger partial charge in [0.25, 0.3) is 0 Å². The smallest absolute Gasteiger partial charge is 0.240 e. The molecule has 0 bridgehead atoms. The molecule has 5 nitrogen and oxygen atoms in total. The lowest BCUT2D eigenvalue weighted by atomic mass is 9.92. The molecule has 1 heterocycles. The first-order valence-electron chi connectivity index (χ1n) is 7.42. The first kappa shape index (κ1) is 17.3. The van der Waals surface area contributed by atoms with Crippen molar-refractivity contribution in [3.8, 4) is 0 Å². The maximum Gasteiger partial charge on any atom is 0.240 e. The third-order valence-electron chi connectivity index (χ3n) is 3.98. The number of nitrogens with one attached hydrogen (secondary N) is 1. The molecule has 1 saturated heterocycles. The van der Waals surface area contributed by atoms with Crippen LogP contribution >= 0.6 is 0 Å². The topological polar surface area (TPSA) is 75.6 Å². The number of halogens is 1. The maximum atomic E-state index is 13.2. The van der Waals surface area contributed by atoms with Gasteiger partial charge in [0.2, 0.25) is 10.0 Å². The van der Waals surface area contributed by atoms with Crippen molar-refractivity contribution < 1.29 is 22.7 Å². The largest absolute Gasteiger partial charge is 0.393 e. The third-order valence-corrected chi connectivity index (χ3v) is 5.44. The van der Waals surface area contributed by atoms with E-state index in [4.69, 9.17) is 4.74 Å². The highest BCUT2D eigenvalue weighted by Gasteiger charge is 2.22. The highest BCUT2D eigenvalue weighted by molar-refractivity contribution is 7.89. The molecule has 7 heteroatoms. The summed E-state index contributed by atoms with van der Waals surface area (Å²) in [7, 11) is -3.68. The number of hydrogen-bond acceptors (Lipinski definition) is 4. The number of aliphatic hydroxyl groups is 1. The zero-order valence-corrected chi connectivity index (χ0v) is 13.4. The summed E-state index contributed by atoms with van der Waals surface area (Å²) in [5.41, 5.74) is 0.283. The van der Waals surface area contributed by atoms with Crippen molar-refractivity contribution in [2.75, 3.05) is 19.8 Å². The fraction of sp³-hybridized carbons (Fsp3) is 0.600. The van der Waals surface area contributed by atoms with Crippen LogP contribution in [0.1, 0.15) is 24.8 Å². The van der Waals surface area contributed by atoms with Crippen molar-refractivity contribution in [2.45, 2.75) is 37.2 Å². The highest BCUT2D eigenvalue weighted by atomic mass is 32.2. The predicted molar refractivity (Wildman–Crippen MR) is 80.5 cm³/mol.